The number of hydrogen-bond donors (Lipinski definition) is 0. The number of para-hydroxylation sites is 2. The molecule has 0 bridgehead atoms. The molecule has 0 saturated carbocycles. The summed E-state index contributed by atoms with van der Waals surface area (Å²) in [6.07, 6.45) is 0. The van der Waals surface area contributed by atoms with E-state index in [-0.39, 0.29) is 5.41 Å². The Hall–Kier alpha value is -8.98. The van der Waals surface area contributed by atoms with Crippen molar-refractivity contribution in [1.82, 2.24) is 4.57 Å². The number of nitrogens with zero attached hydrogens (tertiary/aromatic N) is 2. The Morgan fingerprint density at radius 1 is 0.319 bits per heavy atom. The zero-order valence-corrected chi connectivity index (χ0v) is 40.3. The number of benzene rings is 11. The highest BCUT2D eigenvalue weighted by atomic mass is 15.1. The third-order valence-electron chi connectivity index (χ3n) is 15.9. The van der Waals surface area contributed by atoms with Crippen molar-refractivity contribution in [2.45, 2.75) is 24.7 Å². The number of fused-ring (bicyclic) bond motifs is 8. The van der Waals surface area contributed by atoms with Crippen molar-refractivity contribution in [2.24, 2.45) is 0 Å². The minimum Gasteiger partial charge on any atom is -0.310 e. The Kier molecular flexibility index (Phi) is 9.50. The molecule has 0 N–H and O–H groups in total. The van der Waals surface area contributed by atoms with Crippen molar-refractivity contribution in [3.8, 4) is 50.2 Å². The fraction of sp³-hybridized carbons (Fsp3) is 0.0571. The summed E-state index contributed by atoms with van der Waals surface area (Å²) >= 11 is 0. The molecule has 2 aliphatic rings. The summed E-state index contributed by atoms with van der Waals surface area (Å²) in [5.74, 6) is 0. The lowest BCUT2D eigenvalue weighted by Crippen LogP contribution is -2.28. The van der Waals surface area contributed by atoms with Gasteiger partial charge in [0.1, 0.15) is 0 Å². The molecule has 12 aromatic rings. The summed E-state index contributed by atoms with van der Waals surface area (Å²) < 4.78 is 2.49. The molecule has 0 unspecified atom stereocenters. The van der Waals surface area contributed by atoms with E-state index in [1.165, 1.54) is 105 Å². The highest BCUT2D eigenvalue weighted by molar-refractivity contribution is 6.13. The van der Waals surface area contributed by atoms with E-state index in [0.717, 1.165) is 17.1 Å². The van der Waals surface area contributed by atoms with Crippen LogP contribution in [0.15, 0.2) is 267 Å². The van der Waals surface area contributed by atoms with Gasteiger partial charge in [0.2, 0.25) is 0 Å². The van der Waals surface area contributed by atoms with Crippen LogP contribution in [0.3, 0.4) is 0 Å². The molecule has 0 fully saturated rings. The molecule has 1 aromatic heterocycles. The van der Waals surface area contributed by atoms with Gasteiger partial charge in [-0.05, 0) is 139 Å². The highest BCUT2D eigenvalue weighted by Crippen LogP contribution is 2.57. The van der Waals surface area contributed by atoms with Crippen LogP contribution in [0.5, 0.6) is 0 Å². The lowest BCUT2D eigenvalue weighted by atomic mass is 9.67. The maximum atomic E-state index is 2.49. The lowest BCUT2D eigenvalue weighted by Gasteiger charge is -2.35. The second kappa shape index (κ2) is 16.3. The van der Waals surface area contributed by atoms with Gasteiger partial charge in [0.15, 0.2) is 0 Å². The maximum Gasteiger partial charge on any atom is 0.0714 e. The molecule has 0 radical (unpaired) electrons. The quantitative estimate of drug-likeness (QED) is 0.147. The predicted molar refractivity (Wildman–Crippen MR) is 301 cm³/mol. The van der Waals surface area contributed by atoms with Crippen LogP contribution in [0.25, 0.3) is 72.0 Å². The molecule has 0 spiro atoms. The van der Waals surface area contributed by atoms with Crippen molar-refractivity contribution >= 4 is 38.9 Å². The van der Waals surface area contributed by atoms with Gasteiger partial charge in [-0.25, -0.2) is 0 Å². The van der Waals surface area contributed by atoms with Crippen molar-refractivity contribution in [3.63, 3.8) is 0 Å². The van der Waals surface area contributed by atoms with Gasteiger partial charge >= 0.3 is 0 Å². The first-order valence-corrected chi connectivity index (χ1v) is 25.2. The molecule has 0 atom stereocenters. The first kappa shape index (κ1) is 41.9. The number of aromatic nitrogens is 1. The second-order valence-electron chi connectivity index (χ2n) is 20.0. The van der Waals surface area contributed by atoms with Gasteiger partial charge in [0, 0.05) is 33.2 Å². The van der Waals surface area contributed by atoms with Crippen molar-refractivity contribution in [3.05, 3.63) is 300 Å². The van der Waals surface area contributed by atoms with Crippen LogP contribution in [0, 0.1) is 0 Å². The van der Waals surface area contributed by atoms with E-state index in [1.807, 2.05) is 0 Å². The van der Waals surface area contributed by atoms with Gasteiger partial charge < -0.3 is 9.47 Å². The van der Waals surface area contributed by atoms with Crippen LogP contribution in [-0.2, 0) is 10.8 Å². The van der Waals surface area contributed by atoms with Crippen LogP contribution in [0.4, 0.5) is 17.1 Å². The van der Waals surface area contributed by atoms with Crippen LogP contribution in [0.2, 0.25) is 0 Å². The molecule has 2 nitrogen and oxygen atoms in total. The Labute approximate surface area is 421 Å². The van der Waals surface area contributed by atoms with Gasteiger partial charge in [0.05, 0.1) is 22.1 Å². The predicted octanol–water partition coefficient (Wildman–Crippen LogP) is 18.3. The molecule has 0 amide bonds. The topological polar surface area (TPSA) is 8.17 Å². The third-order valence-corrected chi connectivity index (χ3v) is 15.9. The monoisotopic (exact) mass is 918 g/mol. The second-order valence-corrected chi connectivity index (χ2v) is 20.0. The van der Waals surface area contributed by atoms with E-state index >= 15 is 0 Å². The molecule has 2 heterocycles. The first-order valence-electron chi connectivity index (χ1n) is 25.2. The molecule has 340 valence electrons. The van der Waals surface area contributed by atoms with E-state index in [1.54, 1.807) is 0 Å². The minimum atomic E-state index is -0.507. The Morgan fingerprint density at radius 2 is 0.792 bits per heavy atom. The number of anilines is 3. The third kappa shape index (κ3) is 6.28. The Balaban J connectivity index is 0.868. The van der Waals surface area contributed by atoms with Gasteiger partial charge in [-0.3, -0.25) is 0 Å². The van der Waals surface area contributed by atoms with E-state index in [9.17, 15) is 0 Å². The maximum absolute atomic E-state index is 2.49. The summed E-state index contributed by atoms with van der Waals surface area (Å²) in [6, 6.07) is 98.9. The fourth-order valence-corrected chi connectivity index (χ4v) is 12.4. The zero-order valence-electron chi connectivity index (χ0n) is 40.3. The minimum absolute atomic E-state index is 0.160. The standard InChI is InChI=1S/C70H50N2/c1-69(2)63-27-15-17-29-67(63)72-66-28-16-13-25-60(66)61-44-52(45-65(69)68(61)72)51-32-30-48(31-33-51)50-36-40-56(41-37-50)71(55-38-34-49(35-39-55)47-18-6-3-7-19-47)57-42-43-59-58-24-12-14-26-62(58)70(64(59)46-57,53-20-8-4-9-21-53)54-22-10-5-11-23-54/h3-46H,1-2H3. The highest BCUT2D eigenvalue weighted by Gasteiger charge is 2.46. The molecule has 14 rings (SSSR count). The van der Waals surface area contributed by atoms with Gasteiger partial charge in [-0.15, -0.1) is 0 Å². The molecule has 1 aliphatic carbocycles. The summed E-state index contributed by atoms with van der Waals surface area (Å²) in [4.78, 5) is 2.42. The number of rotatable bonds is 8. The van der Waals surface area contributed by atoms with Crippen LogP contribution in [-0.4, -0.2) is 4.57 Å². The van der Waals surface area contributed by atoms with Crippen molar-refractivity contribution < 1.29 is 0 Å². The van der Waals surface area contributed by atoms with E-state index in [0.29, 0.717) is 0 Å². The first-order chi connectivity index (χ1) is 35.5. The van der Waals surface area contributed by atoms with Crippen LogP contribution >= 0.6 is 0 Å². The lowest BCUT2D eigenvalue weighted by molar-refractivity contribution is 0.630. The average molecular weight is 919 g/mol. The largest absolute Gasteiger partial charge is 0.310 e. The normalized spacial score (nSPS) is 13.6. The SMILES string of the molecule is CC1(C)c2ccccc2-n2c3ccccc3c3cc(-c4ccc(-c5ccc(N(c6ccc(-c7ccccc7)cc6)c6ccc7c(c6)C(c6ccccc6)(c6ccccc6)c6ccccc6-7)cc5)cc4)cc1c32. The molecule has 72 heavy (non-hydrogen) atoms. The van der Waals surface area contributed by atoms with Gasteiger partial charge in [0.25, 0.3) is 0 Å². The molecule has 0 saturated heterocycles. The summed E-state index contributed by atoms with van der Waals surface area (Å²) in [5, 5.41) is 2.59. The smallest absolute Gasteiger partial charge is 0.0714 e. The molecule has 2 heteroatoms. The number of hydrogen-bond acceptors (Lipinski definition) is 1. The van der Waals surface area contributed by atoms with E-state index in [4.69, 9.17) is 0 Å². The zero-order chi connectivity index (χ0) is 48.0. The molecule has 1 aliphatic heterocycles. The van der Waals surface area contributed by atoms with Crippen LogP contribution < -0.4 is 4.90 Å². The van der Waals surface area contributed by atoms with Crippen molar-refractivity contribution in [2.75, 3.05) is 4.90 Å². The van der Waals surface area contributed by atoms with Crippen molar-refractivity contribution in [1.29, 1.82) is 0 Å². The van der Waals surface area contributed by atoms with E-state index in [2.05, 4.69) is 290 Å². The molecule has 11 aromatic carbocycles. The Morgan fingerprint density at radius 3 is 1.43 bits per heavy atom. The Bertz CT molecular complexity index is 3980. The molecular weight excluding hydrogens is 869 g/mol. The summed E-state index contributed by atoms with van der Waals surface area (Å²) in [5.41, 5.74) is 24.0. The van der Waals surface area contributed by atoms with Gasteiger partial charge in [-0.2, -0.15) is 0 Å². The molecular formula is C70H50N2. The fourth-order valence-electron chi connectivity index (χ4n) is 12.4. The average Bonchev–Trinajstić information content (AvgIpc) is 3.95. The van der Waals surface area contributed by atoms with Crippen LogP contribution in [0.1, 0.15) is 47.2 Å². The summed E-state index contributed by atoms with van der Waals surface area (Å²) in [6.45, 7) is 4.76. The van der Waals surface area contributed by atoms with E-state index < -0.39 is 5.41 Å². The van der Waals surface area contributed by atoms with Gasteiger partial charge in [-0.1, -0.05) is 220 Å². The summed E-state index contributed by atoms with van der Waals surface area (Å²) in [7, 11) is 0.